The van der Waals surface area contributed by atoms with Gasteiger partial charge >= 0.3 is 0 Å². The minimum absolute atomic E-state index is 0.236. The van der Waals surface area contributed by atoms with Crippen molar-refractivity contribution in [2.24, 2.45) is 0 Å². The zero-order valence-electron chi connectivity index (χ0n) is 14.2. The topological polar surface area (TPSA) is 58.6 Å². The molecule has 5 nitrogen and oxygen atoms in total. The lowest BCUT2D eigenvalue weighted by Crippen LogP contribution is -2.48. The number of benzene rings is 2. The lowest BCUT2D eigenvalue weighted by Gasteiger charge is -2.28. The van der Waals surface area contributed by atoms with E-state index in [0.29, 0.717) is 12.3 Å². The highest BCUT2D eigenvalue weighted by atomic mass is 19.1. The molecule has 0 aliphatic rings. The number of halogens is 1. The third-order valence-electron chi connectivity index (χ3n) is 3.79. The van der Waals surface area contributed by atoms with Crippen LogP contribution in [-0.2, 0) is 16.1 Å². The molecule has 0 aliphatic carbocycles. The number of nitrogens with one attached hydrogen (secondary N) is 1. The van der Waals surface area contributed by atoms with Gasteiger partial charge in [0.25, 0.3) is 5.91 Å². The normalized spacial score (nSPS) is 11.5. The summed E-state index contributed by atoms with van der Waals surface area (Å²) >= 11 is 0. The lowest BCUT2D eigenvalue weighted by atomic mass is 10.1. The van der Waals surface area contributed by atoms with Crippen LogP contribution in [0.4, 0.5) is 4.39 Å². The smallest absolute Gasteiger partial charge is 0.261 e. The molecule has 0 unspecified atom stereocenters. The van der Waals surface area contributed by atoms with Crippen molar-refractivity contribution >= 4 is 11.8 Å². The largest absolute Gasteiger partial charge is 0.484 e. The Labute approximate surface area is 146 Å². The Morgan fingerprint density at radius 3 is 2.36 bits per heavy atom. The Hall–Kier alpha value is -2.89. The molecule has 2 aromatic carbocycles. The second kappa shape index (κ2) is 8.82. The predicted octanol–water partition coefficient (Wildman–Crippen LogP) is 2.37. The molecule has 0 aromatic heterocycles. The molecule has 2 aromatic rings. The fraction of sp³-hybridized carbons (Fsp3) is 0.263. The molecule has 0 bridgehead atoms. The number of ether oxygens (including phenoxy) is 1. The zero-order chi connectivity index (χ0) is 18.2. The van der Waals surface area contributed by atoms with E-state index in [9.17, 15) is 14.0 Å². The molecule has 0 saturated heterocycles. The number of amides is 2. The number of hydrogen-bond donors (Lipinski definition) is 1. The van der Waals surface area contributed by atoms with Crippen molar-refractivity contribution in [1.29, 1.82) is 0 Å². The van der Waals surface area contributed by atoms with E-state index in [1.54, 1.807) is 6.92 Å². The van der Waals surface area contributed by atoms with Gasteiger partial charge in [0.05, 0.1) is 0 Å². The summed E-state index contributed by atoms with van der Waals surface area (Å²) in [6.07, 6.45) is 0. The van der Waals surface area contributed by atoms with E-state index >= 15 is 0 Å². The molecule has 1 N–H and O–H groups in total. The van der Waals surface area contributed by atoms with Crippen molar-refractivity contribution in [1.82, 2.24) is 10.2 Å². The van der Waals surface area contributed by atoms with Crippen molar-refractivity contribution in [2.75, 3.05) is 13.7 Å². The van der Waals surface area contributed by atoms with E-state index in [4.69, 9.17) is 4.74 Å². The molecule has 25 heavy (non-hydrogen) atoms. The highest BCUT2D eigenvalue weighted by Crippen LogP contribution is 2.13. The van der Waals surface area contributed by atoms with E-state index in [-0.39, 0.29) is 24.2 Å². The molecule has 0 fully saturated rings. The number of nitrogens with zero attached hydrogens (tertiary/aromatic N) is 1. The molecule has 0 spiro atoms. The Morgan fingerprint density at radius 1 is 1.12 bits per heavy atom. The van der Waals surface area contributed by atoms with Crippen molar-refractivity contribution in [2.45, 2.75) is 19.5 Å². The first kappa shape index (κ1) is 18.4. The van der Waals surface area contributed by atoms with Crippen LogP contribution in [0, 0.1) is 5.82 Å². The molecule has 132 valence electrons. The van der Waals surface area contributed by atoms with Gasteiger partial charge in [0.1, 0.15) is 17.6 Å². The van der Waals surface area contributed by atoms with Gasteiger partial charge in [-0.15, -0.1) is 0 Å². The van der Waals surface area contributed by atoms with Gasteiger partial charge < -0.3 is 15.0 Å². The minimum Gasteiger partial charge on any atom is -0.484 e. The number of carbonyl (C=O) groups excluding carboxylic acids is 2. The van der Waals surface area contributed by atoms with Crippen molar-refractivity contribution in [3.63, 3.8) is 0 Å². The molecule has 1 atom stereocenters. The molecular weight excluding hydrogens is 323 g/mol. The van der Waals surface area contributed by atoms with Crippen molar-refractivity contribution < 1.29 is 18.7 Å². The molecule has 6 heteroatoms. The number of hydrogen-bond acceptors (Lipinski definition) is 3. The van der Waals surface area contributed by atoms with E-state index in [2.05, 4.69) is 5.32 Å². The molecule has 2 rings (SSSR count). The molecule has 0 heterocycles. The maximum atomic E-state index is 12.9. The van der Waals surface area contributed by atoms with Crippen LogP contribution >= 0.6 is 0 Å². The van der Waals surface area contributed by atoms with Crippen LogP contribution in [0.15, 0.2) is 54.6 Å². The number of carbonyl (C=O) groups is 2. The van der Waals surface area contributed by atoms with Gasteiger partial charge in [0.15, 0.2) is 6.61 Å². The van der Waals surface area contributed by atoms with Crippen molar-refractivity contribution in [3.05, 3.63) is 66.0 Å². The number of likely N-dealkylation sites (N-methyl/N-ethyl adjacent to an activating group) is 1. The van der Waals surface area contributed by atoms with E-state index in [1.165, 1.54) is 36.2 Å². The molecule has 0 saturated carbocycles. The summed E-state index contributed by atoms with van der Waals surface area (Å²) in [6, 6.07) is 14.2. The monoisotopic (exact) mass is 344 g/mol. The average Bonchev–Trinajstić information content (AvgIpc) is 2.65. The number of rotatable bonds is 7. The van der Waals surface area contributed by atoms with E-state index in [1.807, 2.05) is 30.3 Å². The predicted molar refractivity (Wildman–Crippen MR) is 92.4 cm³/mol. The van der Waals surface area contributed by atoms with Crippen LogP contribution in [0.25, 0.3) is 0 Å². The van der Waals surface area contributed by atoms with Gasteiger partial charge in [-0.05, 0) is 36.8 Å². The average molecular weight is 344 g/mol. The fourth-order valence-electron chi connectivity index (χ4n) is 2.33. The van der Waals surface area contributed by atoms with E-state index in [0.717, 1.165) is 5.56 Å². The zero-order valence-corrected chi connectivity index (χ0v) is 14.2. The maximum absolute atomic E-state index is 12.9. The van der Waals surface area contributed by atoms with Gasteiger partial charge in [0, 0.05) is 13.6 Å². The van der Waals surface area contributed by atoms with Crippen LogP contribution in [0.5, 0.6) is 5.75 Å². The molecule has 2 amide bonds. The molecular formula is C19H21FN2O3. The van der Waals surface area contributed by atoms with Crippen LogP contribution in [0.2, 0.25) is 0 Å². The first-order chi connectivity index (χ1) is 12.0. The summed E-state index contributed by atoms with van der Waals surface area (Å²) in [5.74, 6) is -0.574. The summed E-state index contributed by atoms with van der Waals surface area (Å²) in [6.45, 7) is 1.72. The Kier molecular flexibility index (Phi) is 6.51. The van der Waals surface area contributed by atoms with Gasteiger partial charge in [-0.1, -0.05) is 30.3 Å². The minimum atomic E-state index is -0.644. The van der Waals surface area contributed by atoms with Gasteiger partial charge in [-0.2, -0.15) is 0 Å². The molecule has 0 radical (unpaired) electrons. The summed E-state index contributed by atoms with van der Waals surface area (Å²) < 4.78 is 18.3. The Bertz CT molecular complexity index is 704. The first-order valence-corrected chi connectivity index (χ1v) is 7.94. The molecule has 0 aliphatic heterocycles. The summed E-state index contributed by atoms with van der Waals surface area (Å²) in [5.41, 5.74) is 0.911. The van der Waals surface area contributed by atoms with Crippen LogP contribution in [-0.4, -0.2) is 36.4 Å². The van der Waals surface area contributed by atoms with Crippen molar-refractivity contribution in [3.8, 4) is 5.75 Å². The Morgan fingerprint density at radius 2 is 1.76 bits per heavy atom. The highest BCUT2D eigenvalue weighted by molar-refractivity contribution is 5.87. The lowest BCUT2D eigenvalue weighted by molar-refractivity contribution is -0.142. The Balaban J connectivity index is 2.08. The third-order valence-corrected chi connectivity index (χ3v) is 3.79. The second-order valence-corrected chi connectivity index (χ2v) is 5.54. The van der Waals surface area contributed by atoms with Crippen LogP contribution < -0.4 is 10.1 Å². The van der Waals surface area contributed by atoms with Gasteiger partial charge in [0.2, 0.25) is 5.91 Å². The summed E-state index contributed by atoms with van der Waals surface area (Å²) in [7, 11) is 1.53. The van der Waals surface area contributed by atoms with Gasteiger partial charge in [-0.3, -0.25) is 9.59 Å². The van der Waals surface area contributed by atoms with Crippen LogP contribution in [0.3, 0.4) is 0 Å². The maximum Gasteiger partial charge on any atom is 0.261 e. The quantitative estimate of drug-likeness (QED) is 0.839. The summed E-state index contributed by atoms with van der Waals surface area (Å²) in [5, 5.41) is 2.55. The highest BCUT2D eigenvalue weighted by Gasteiger charge is 2.25. The first-order valence-electron chi connectivity index (χ1n) is 7.94. The van der Waals surface area contributed by atoms with Crippen LogP contribution in [0.1, 0.15) is 12.5 Å². The standard InChI is InChI=1S/C19H21FN2O3/c1-14(19(24)21-2)22(12-15-6-4-3-5-7-15)18(23)13-25-17-10-8-16(20)9-11-17/h3-11,14H,12-13H2,1-2H3,(H,21,24)/t14-/m1/s1. The van der Waals surface area contributed by atoms with E-state index < -0.39 is 6.04 Å². The summed E-state index contributed by atoms with van der Waals surface area (Å²) in [4.78, 5) is 26.0. The fourth-order valence-corrected chi connectivity index (χ4v) is 2.33. The second-order valence-electron chi connectivity index (χ2n) is 5.54. The third kappa shape index (κ3) is 5.31. The van der Waals surface area contributed by atoms with Gasteiger partial charge in [-0.25, -0.2) is 4.39 Å². The SMILES string of the molecule is CNC(=O)[C@@H](C)N(Cc1ccccc1)C(=O)COc1ccc(F)cc1.